The Morgan fingerprint density at radius 3 is 2.85 bits per heavy atom. The summed E-state index contributed by atoms with van der Waals surface area (Å²) in [5.41, 5.74) is 0.296. The normalized spacial score (nSPS) is 12.5. The predicted molar refractivity (Wildman–Crippen MR) is 53.3 cm³/mol. The van der Waals surface area contributed by atoms with Gasteiger partial charge >= 0.3 is 0 Å². The molecule has 0 spiro atoms. The second-order valence-corrected chi connectivity index (χ2v) is 3.50. The molecule has 0 amide bonds. The lowest BCUT2D eigenvalue weighted by Crippen LogP contribution is -2.04. The predicted octanol–water partition coefficient (Wildman–Crippen LogP) is 2.00. The van der Waals surface area contributed by atoms with E-state index in [9.17, 15) is 9.90 Å². The zero-order chi connectivity index (χ0) is 10.0. The van der Waals surface area contributed by atoms with E-state index in [0.29, 0.717) is 10.7 Å². The van der Waals surface area contributed by atoms with Gasteiger partial charge in [-0.05, 0) is 6.92 Å². The van der Waals surface area contributed by atoms with Crippen LogP contribution < -0.4 is 0 Å². The number of carbonyl (C=O) groups excluding carboxylic acids is 1. The van der Waals surface area contributed by atoms with Gasteiger partial charge in [-0.15, -0.1) is 12.6 Å². The Bertz CT molecular complexity index is 343. The van der Waals surface area contributed by atoms with Gasteiger partial charge in [0.05, 0.1) is 16.6 Å². The number of aromatic nitrogens is 1. The van der Waals surface area contributed by atoms with Crippen LogP contribution >= 0.6 is 24.2 Å². The Labute approximate surface area is 86.2 Å². The van der Waals surface area contributed by atoms with Gasteiger partial charge in [0, 0.05) is 12.3 Å². The fourth-order valence-corrected chi connectivity index (χ4v) is 1.16. The van der Waals surface area contributed by atoms with E-state index in [2.05, 4.69) is 17.6 Å². The fourth-order valence-electron chi connectivity index (χ4n) is 0.890. The van der Waals surface area contributed by atoms with Crippen molar-refractivity contribution in [1.82, 2.24) is 4.98 Å². The summed E-state index contributed by atoms with van der Waals surface area (Å²) < 4.78 is 0. The Kier molecular flexibility index (Phi) is 3.17. The summed E-state index contributed by atoms with van der Waals surface area (Å²) in [6.45, 7) is 1.62. The van der Waals surface area contributed by atoms with Gasteiger partial charge in [-0.1, -0.05) is 11.6 Å². The van der Waals surface area contributed by atoms with Crippen LogP contribution in [0.15, 0.2) is 12.3 Å². The largest absolute Gasteiger partial charge is 0.506 e. The van der Waals surface area contributed by atoms with Crippen molar-refractivity contribution >= 4 is 29.3 Å². The third kappa shape index (κ3) is 2.35. The number of nitrogens with zero attached hydrogens (tertiary/aromatic N) is 1. The van der Waals surface area contributed by atoms with E-state index in [0.717, 1.165) is 0 Å². The molecule has 3 nitrogen and oxygen atoms in total. The number of carbonyl (C=O) groups is 1. The minimum Gasteiger partial charge on any atom is -0.506 e. The minimum absolute atomic E-state index is 0.0811. The van der Waals surface area contributed by atoms with Crippen molar-refractivity contribution in [2.75, 3.05) is 0 Å². The molecule has 1 N–H and O–H groups in total. The third-order valence-electron chi connectivity index (χ3n) is 1.64. The van der Waals surface area contributed by atoms with Crippen molar-refractivity contribution < 1.29 is 9.90 Å². The molecular formula is C8H8ClNO2S. The highest BCUT2D eigenvalue weighted by molar-refractivity contribution is 7.96. The molecule has 0 saturated heterocycles. The van der Waals surface area contributed by atoms with Crippen molar-refractivity contribution in [3.63, 3.8) is 0 Å². The van der Waals surface area contributed by atoms with E-state index in [1.807, 2.05) is 0 Å². The SMILES string of the molecule is CC(C(=O)S)c1ncc(Cl)cc1O. The lowest BCUT2D eigenvalue weighted by atomic mass is 10.1. The van der Waals surface area contributed by atoms with Crippen LogP contribution in [0.3, 0.4) is 0 Å². The van der Waals surface area contributed by atoms with Crippen LogP contribution in [0.2, 0.25) is 5.02 Å². The zero-order valence-corrected chi connectivity index (χ0v) is 8.51. The number of hydrogen-bond donors (Lipinski definition) is 2. The van der Waals surface area contributed by atoms with Gasteiger partial charge in [0.2, 0.25) is 0 Å². The molecule has 13 heavy (non-hydrogen) atoms. The molecule has 1 rings (SSSR count). The molecule has 5 heteroatoms. The average molecular weight is 218 g/mol. The van der Waals surface area contributed by atoms with Crippen molar-refractivity contribution in [3.05, 3.63) is 23.0 Å². The second kappa shape index (κ2) is 3.98. The van der Waals surface area contributed by atoms with Crippen LogP contribution in [0.1, 0.15) is 18.5 Å². The molecule has 0 bridgehead atoms. The van der Waals surface area contributed by atoms with E-state index in [4.69, 9.17) is 11.6 Å². The number of hydrogen-bond acceptors (Lipinski definition) is 3. The quantitative estimate of drug-likeness (QED) is 0.745. The van der Waals surface area contributed by atoms with Crippen LogP contribution in [0.4, 0.5) is 0 Å². The summed E-state index contributed by atoms with van der Waals surface area (Å²) in [5, 5.41) is 9.37. The molecule has 0 fully saturated rings. The van der Waals surface area contributed by atoms with Crippen molar-refractivity contribution in [1.29, 1.82) is 0 Å². The lowest BCUT2D eigenvalue weighted by molar-refractivity contribution is -0.111. The molecule has 0 aliphatic rings. The molecule has 0 radical (unpaired) electrons. The van der Waals surface area contributed by atoms with Gasteiger partial charge in [-0.2, -0.15) is 0 Å². The Balaban J connectivity index is 3.08. The van der Waals surface area contributed by atoms with Gasteiger partial charge in [0.25, 0.3) is 0 Å². The van der Waals surface area contributed by atoms with Crippen molar-refractivity contribution in [2.24, 2.45) is 0 Å². The molecular weight excluding hydrogens is 210 g/mol. The minimum atomic E-state index is -0.527. The van der Waals surface area contributed by atoms with Crippen LogP contribution in [-0.4, -0.2) is 15.2 Å². The average Bonchev–Trinajstić information content (AvgIpc) is 2.03. The van der Waals surface area contributed by atoms with Crippen LogP contribution in [0.25, 0.3) is 0 Å². The molecule has 70 valence electrons. The molecule has 1 atom stereocenters. The van der Waals surface area contributed by atoms with E-state index in [1.54, 1.807) is 6.92 Å². The molecule has 1 heterocycles. The van der Waals surface area contributed by atoms with Crippen LogP contribution in [-0.2, 0) is 4.79 Å². The first-order chi connectivity index (χ1) is 6.02. The van der Waals surface area contributed by atoms with Crippen LogP contribution in [0.5, 0.6) is 5.75 Å². The van der Waals surface area contributed by atoms with E-state index < -0.39 is 5.92 Å². The maximum Gasteiger partial charge on any atom is 0.194 e. The molecule has 1 aromatic rings. The Morgan fingerprint density at radius 1 is 1.77 bits per heavy atom. The van der Waals surface area contributed by atoms with E-state index in [-0.39, 0.29) is 10.9 Å². The maximum absolute atomic E-state index is 10.9. The zero-order valence-electron chi connectivity index (χ0n) is 6.86. The van der Waals surface area contributed by atoms with Crippen molar-refractivity contribution in [3.8, 4) is 5.75 Å². The van der Waals surface area contributed by atoms with Gasteiger partial charge in [-0.25, -0.2) is 0 Å². The molecule has 1 unspecified atom stereocenters. The highest BCUT2D eigenvalue weighted by atomic mass is 35.5. The number of rotatable bonds is 2. The van der Waals surface area contributed by atoms with Crippen LogP contribution in [0, 0.1) is 0 Å². The molecule has 0 saturated carbocycles. The fraction of sp³-hybridized carbons (Fsp3) is 0.250. The summed E-state index contributed by atoms with van der Waals surface area (Å²) in [7, 11) is 0. The molecule has 1 aromatic heterocycles. The van der Waals surface area contributed by atoms with Gasteiger partial charge in [-0.3, -0.25) is 9.78 Å². The third-order valence-corrected chi connectivity index (χ3v) is 2.24. The summed E-state index contributed by atoms with van der Waals surface area (Å²) in [6.07, 6.45) is 1.38. The number of thiol groups is 1. The topological polar surface area (TPSA) is 50.2 Å². The first-order valence-corrected chi connectivity index (χ1v) is 4.42. The summed E-state index contributed by atoms with van der Waals surface area (Å²) >= 11 is 9.23. The first kappa shape index (κ1) is 10.3. The Hall–Kier alpha value is -0.740. The summed E-state index contributed by atoms with van der Waals surface area (Å²) in [6, 6.07) is 1.34. The van der Waals surface area contributed by atoms with Crippen molar-refractivity contribution in [2.45, 2.75) is 12.8 Å². The highest BCUT2D eigenvalue weighted by Crippen LogP contribution is 2.26. The molecule has 0 aromatic carbocycles. The second-order valence-electron chi connectivity index (χ2n) is 2.62. The first-order valence-electron chi connectivity index (χ1n) is 3.59. The standard InChI is InChI=1S/C8H8ClNO2S/c1-4(8(12)13)7-6(11)2-5(9)3-10-7/h2-4,11H,1H3,(H,12,13). The van der Waals surface area contributed by atoms with Gasteiger partial charge in [0.15, 0.2) is 5.12 Å². The number of halogens is 1. The van der Waals surface area contributed by atoms with E-state index in [1.165, 1.54) is 12.3 Å². The molecule has 0 aliphatic heterocycles. The highest BCUT2D eigenvalue weighted by Gasteiger charge is 2.17. The smallest absolute Gasteiger partial charge is 0.194 e. The monoisotopic (exact) mass is 217 g/mol. The summed E-state index contributed by atoms with van der Waals surface area (Å²) in [4.78, 5) is 14.7. The van der Waals surface area contributed by atoms with Gasteiger partial charge < -0.3 is 5.11 Å². The molecule has 0 aliphatic carbocycles. The Morgan fingerprint density at radius 2 is 2.38 bits per heavy atom. The van der Waals surface area contributed by atoms with Gasteiger partial charge in [0.1, 0.15) is 5.75 Å². The number of pyridine rings is 1. The number of aromatic hydroxyl groups is 1. The van der Waals surface area contributed by atoms with E-state index >= 15 is 0 Å². The lowest BCUT2D eigenvalue weighted by Gasteiger charge is -2.07. The maximum atomic E-state index is 10.9. The summed E-state index contributed by atoms with van der Waals surface area (Å²) in [5.74, 6) is -0.608.